The monoisotopic (exact) mass is 418 g/mol. The van der Waals surface area contributed by atoms with E-state index in [1.54, 1.807) is 32.6 Å². The number of ketones is 1. The summed E-state index contributed by atoms with van der Waals surface area (Å²) < 4.78 is 10.4. The van der Waals surface area contributed by atoms with Gasteiger partial charge >= 0.3 is 0 Å². The van der Waals surface area contributed by atoms with Crippen LogP contribution < -0.4 is 14.8 Å². The third-order valence-electron chi connectivity index (χ3n) is 4.91. The highest BCUT2D eigenvalue weighted by Gasteiger charge is 2.06. The van der Waals surface area contributed by atoms with Crippen molar-refractivity contribution >= 4 is 17.9 Å². The number of unbranched alkanes of at least 4 members (excludes halogenated alkanes) is 8. The Morgan fingerprint density at radius 2 is 1.57 bits per heavy atom. The predicted octanol–water partition coefficient (Wildman–Crippen LogP) is 4.73. The lowest BCUT2D eigenvalue weighted by atomic mass is 10.1. The maximum absolute atomic E-state index is 11.9. The average molecular weight is 419 g/mol. The summed E-state index contributed by atoms with van der Waals surface area (Å²) >= 11 is 0. The van der Waals surface area contributed by atoms with E-state index in [4.69, 9.17) is 9.47 Å². The van der Waals surface area contributed by atoms with Gasteiger partial charge in [-0.05, 0) is 30.2 Å². The number of hydrogen-bond donors (Lipinski definition) is 1. The molecule has 0 aliphatic carbocycles. The zero-order chi connectivity index (χ0) is 22.0. The van der Waals surface area contributed by atoms with Crippen LogP contribution in [0.4, 0.5) is 0 Å². The average Bonchev–Trinajstić information content (AvgIpc) is 2.76. The summed E-state index contributed by atoms with van der Waals surface area (Å²) in [5.41, 5.74) is 0.815. The molecule has 168 valence electrons. The van der Waals surface area contributed by atoms with Gasteiger partial charge in [0, 0.05) is 12.6 Å². The first kappa shape index (κ1) is 25.7. The Hall–Kier alpha value is -2.37. The molecule has 1 aromatic carbocycles. The highest BCUT2D eigenvalue weighted by molar-refractivity contribution is 5.89. The van der Waals surface area contributed by atoms with Crippen LogP contribution in [-0.4, -0.2) is 45.2 Å². The van der Waals surface area contributed by atoms with E-state index in [9.17, 15) is 9.59 Å². The maximum atomic E-state index is 11.9. The summed E-state index contributed by atoms with van der Waals surface area (Å²) in [6.45, 7) is 2.29. The van der Waals surface area contributed by atoms with Gasteiger partial charge in [-0.25, -0.2) is 0 Å². The van der Waals surface area contributed by atoms with E-state index < -0.39 is 0 Å². The Morgan fingerprint density at radius 3 is 2.20 bits per heavy atom. The van der Waals surface area contributed by atoms with Gasteiger partial charge in [0.2, 0.25) is 5.91 Å². The summed E-state index contributed by atoms with van der Waals surface area (Å²) in [6.07, 6.45) is 13.1. The van der Waals surface area contributed by atoms with Crippen LogP contribution in [0, 0.1) is 0 Å². The van der Waals surface area contributed by atoms with E-state index in [1.807, 2.05) is 6.07 Å². The quantitative estimate of drug-likeness (QED) is 0.293. The Kier molecular flexibility index (Phi) is 14.1. The highest BCUT2D eigenvalue weighted by Crippen LogP contribution is 2.26. The number of benzene rings is 1. The second-order valence-electron chi connectivity index (χ2n) is 7.48. The van der Waals surface area contributed by atoms with Gasteiger partial charge in [-0.1, -0.05) is 58.3 Å². The van der Waals surface area contributed by atoms with E-state index in [2.05, 4.69) is 17.2 Å². The second-order valence-corrected chi connectivity index (χ2v) is 7.48. The molecule has 0 aliphatic heterocycles. The molecule has 1 rings (SSSR count). The van der Waals surface area contributed by atoms with E-state index in [0.29, 0.717) is 17.9 Å². The number of aliphatic imine (C=N–C) groups is 1. The van der Waals surface area contributed by atoms with Crippen LogP contribution in [0.5, 0.6) is 11.5 Å². The fourth-order valence-electron chi connectivity index (χ4n) is 3.12. The first-order valence-electron chi connectivity index (χ1n) is 11.1. The molecule has 0 fully saturated rings. The van der Waals surface area contributed by atoms with Crippen molar-refractivity contribution in [1.82, 2.24) is 5.32 Å². The Balaban J connectivity index is 2.13. The number of carbonyl (C=O) groups excluding carboxylic acids is 2. The third-order valence-corrected chi connectivity index (χ3v) is 4.91. The van der Waals surface area contributed by atoms with Crippen LogP contribution in [-0.2, 0) is 9.59 Å². The molecule has 0 unspecified atom stereocenters. The van der Waals surface area contributed by atoms with Gasteiger partial charge < -0.3 is 14.8 Å². The summed E-state index contributed by atoms with van der Waals surface area (Å²) in [5, 5.41) is 2.69. The number of amides is 1. The van der Waals surface area contributed by atoms with Crippen molar-refractivity contribution in [3.63, 3.8) is 0 Å². The van der Waals surface area contributed by atoms with Crippen LogP contribution in [0.3, 0.4) is 0 Å². The zero-order valence-electron chi connectivity index (χ0n) is 18.9. The lowest BCUT2D eigenvalue weighted by Crippen LogP contribution is -2.30. The number of rotatable bonds is 17. The smallest absolute Gasteiger partial charge is 0.220 e. The summed E-state index contributed by atoms with van der Waals surface area (Å²) in [7, 11) is 3.15. The van der Waals surface area contributed by atoms with Gasteiger partial charge in [0.1, 0.15) is 0 Å². The molecule has 0 aliphatic rings. The summed E-state index contributed by atoms with van der Waals surface area (Å²) in [5.74, 6) is 1.07. The van der Waals surface area contributed by atoms with Crippen LogP contribution in [0.25, 0.3) is 0 Å². The standard InChI is InChI=1S/C24H38N2O4/c1-4-5-6-7-8-9-10-11-12-13-24(28)26-19-21(27)18-25-17-20-14-15-22(29-2)23(16-20)30-3/h14-17H,4-13,18-19H2,1-3H3,(H,26,28). The minimum atomic E-state index is -0.118. The molecule has 1 amide bonds. The number of carbonyl (C=O) groups is 2. The van der Waals surface area contributed by atoms with Gasteiger partial charge in [-0.15, -0.1) is 0 Å². The first-order valence-corrected chi connectivity index (χ1v) is 11.1. The predicted molar refractivity (Wildman–Crippen MR) is 122 cm³/mol. The minimum absolute atomic E-state index is 0.0273. The molecule has 6 nitrogen and oxygen atoms in total. The third kappa shape index (κ3) is 11.6. The minimum Gasteiger partial charge on any atom is -0.493 e. The maximum Gasteiger partial charge on any atom is 0.220 e. The van der Waals surface area contributed by atoms with E-state index in [0.717, 1.165) is 18.4 Å². The molecule has 30 heavy (non-hydrogen) atoms. The molecule has 0 spiro atoms. The van der Waals surface area contributed by atoms with Crippen molar-refractivity contribution in [2.45, 2.75) is 71.1 Å². The normalized spacial score (nSPS) is 10.9. The fourth-order valence-corrected chi connectivity index (χ4v) is 3.12. The zero-order valence-corrected chi connectivity index (χ0v) is 18.9. The molecule has 0 saturated carbocycles. The molecular formula is C24H38N2O4. The van der Waals surface area contributed by atoms with Crippen LogP contribution >= 0.6 is 0 Å². The molecule has 0 atom stereocenters. The van der Waals surface area contributed by atoms with Crippen molar-refractivity contribution in [3.8, 4) is 11.5 Å². The van der Waals surface area contributed by atoms with Crippen molar-refractivity contribution in [2.75, 3.05) is 27.3 Å². The topological polar surface area (TPSA) is 77.0 Å². The van der Waals surface area contributed by atoms with Crippen molar-refractivity contribution in [2.24, 2.45) is 4.99 Å². The molecule has 1 N–H and O–H groups in total. The Morgan fingerprint density at radius 1 is 0.933 bits per heavy atom. The van der Waals surface area contributed by atoms with Gasteiger partial charge in [0.05, 0.1) is 27.3 Å². The van der Waals surface area contributed by atoms with Crippen LogP contribution in [0.15, 0.2) is 23.2 Å². The fraction of sp³-hybridized carbons (Fsp3) is 0.625. The molecular weight excluding hydrogens is 380 g/mol. The second kappa shape index (κ2) is 16.4. The largest absolute Gasteiger partial charge is 0.493 e. The molecule has 6 heteroatoms. The number of nitrogens with one attached hydrogen (secondary N) is 1. The summed E-state index contributed by atoms with van der Waals surface area (Å²) in [6, 6.07) is 5.41. The Bertz CT molecular complexity index is 659. The number of ether oxygens (including phenoxy) is 2. The lowest BCUT2D eigenvalue weighted by Gasteiger charge is -2.07. The van der Waals surface area contributed by atoms with Crippen molar-refractivity contribution in [3.05, 3.63) is 23.8 Å². The van der Waals surface area contributed by atoms with E-state index in [-0.39, 0.29) is 24.8 Å². The number of hydrogen-bond acceptors (Lipinski definition) is 5. The van der Waals surface area contributed by atoms with E-state index >= 15 is 0 Å². The summed E-state index contributed by atoms with van der Waals surface area (Å²) in [4.78, 5) is 27.9. The number of nitrogens with zero attached hydrogens (tertiary/aromatic N) is 1. The molecule has 0 aromatic heterocycles. The molecule has 0 heterocycles. The van der Waals surface area contributed by atoms with Crippen LogP contribution in [0.2, 0.25) is 0 Å². The Labute approximate surface area is 181 Å². The van der Waals surface area contributed by atoms with Crippen LogP contribution in [0.1, 0.15) is 76.7 Å². The molecule has 1 aromatic rings. The van der Waals surface area contributed by atoms with Gasteiger partial charge in [0.15, 0.2) is 17.3 Å². The molecule has 0 radical (unpaired) electrons. The number of Topliss-reactive ketones (excluding diaryl/α,β-unsaturated/α-hetero) is 1. The SMILES string of the molecule is CCCCCCCCCCCC(=O)NCC(=O)CN=Cc1ccc(OC)c(OC)c1. The van der Waals surface area contributed by atoms with Crippen molar-refractivity contribution < 1.29 is 19.1 Å². The molecule has 0 bridgehead atoms. The lowest BCUT2D eigenvalue weighted by molar-refractivity contribution is -0.124. The molecule has 0 saturated heterocycles. The van der Waals surface area contributed by atoms with Gasteiger partial charge in [0.25, 0.3) is 0 Å². The number of methoxy groups -OCH3 is 2. The highest BCUT2D eigenvalue weighted by atomic mass is 16.5. The van der Waals surface area contributed by atoms with E-state index in [1.165, 1.54) is 44.9 Å². The van der Waals surface area contributed by atoms with Gasteiger partial charge in [-0.2, -0.15) is 0 Å². The first-order chi connectivity index (χ1) is 14.6. The van der Waals surface area contributed by atoms with Gasteiger partial charge in [-0.3, -0.25) is 14.6 Å². The van der Waals surface area contributed by atoms with Crippen molar-refractivity contribution in [1.29, 1.82) is 0 Å².